The van der Waals surface area contributed by atoms with Crippen molar-refractivity contribution in [3.63, 3.8) is 0 Å². The zero-order chi connectivity index (χ0) is 13.9. The number of hydrogen-bond donors (Lipinski definition) is 0. The van der Waals surface area contributed by atoms with Crippen LogP contribution in [0.5, 0.6) is 0 Å². The first-order valence-electron chi connectivity index (χ1n) is 5.70. The van der Waals surface area contributed by atoms with Crippen molar-refractivity contribution >= 4 is 66.4 Å². The molecule has 2 rings (SSSR count). The quantitative estimate of drug-likeness (QED) is 0.481. The maximum absolute atomic E-state index is 6.26. The lowest BCUT2D eigenvalue weighted by Crippen LogP contribution is -2.33. The van der Waals surface area contributed by atoms with Crippen molar-refractivity contribution in [3.05, 3.63) is 55.1 Å². The normalized spacial score (nSPS) is 11.8. The number of benzene rings is 1. The van der Waals surface area contributed by atoms with Gasteiger partial charge in [-0.3, -0.25) is 0 Å². The molecule has 0 radical (unpaired) electrons. The van der Waals surface area contributed by atoms with Gasteiger partial charge < -0.3 is 0 Å². The molecular weight excluding hydrogens is 431 g/mol. The van der Waals surface area contributed by atoms with Crippen molar-refractivity contribution in [1.29, 1.82) is 0 Å². The summed E-state index contributed by atoms with van der Waals surface area (Å²) in [5.41, 5.74) is 0.952. The fourth-order valence-electron chi connectivity index (χ4n) is 1.98. The third kappa shape index (κ3) is 3.76. The van der Waals surface area contributed by atoms with E-state index in [-0.39, 0.29) is 5.41 Å². The smallest absolute Gasteiger partial charge is 0.0335 e. The Labute approximate surface area is 144 Å². The van der Waals surface area contributed by atoms with Gasteiger partial charge in [0.1, 0.15) is 0 Å². The number of alkyl halides is 2. The summed E-state index contributed by atoms with van der Waals surface area (Å²) < 4.78 is 2.16. The molecule has 0 atom stereocenters. The Balaban J connectivity index is 2.37. The van der Waals surface area contributed by atoms with E-state index in [1.165, 1.54) is 10.4 Å². The van der Waals surface area contributed by atoms with Gasteiger partial charge in [-0.05, 0) is 46.1 Å². The first-order chi connectivity index (χ1) is 9.09. The molecule has 0 aliphatic carbocycles. The van der Waals surface area contributed by atoms with Crippen LogP contribution < -0.4 is 0 Å². The van der Waals surface area contributed by atoms with Crippen LogP contribution in [0.15, 0.2) is 44.7 Å². The largest absolute Gasteiger partial charge is 0.148 e. The summed E-state index contributed by atoms with van der Waals surface area (Å²) in [4.78, 5) is 1.29. The second kappa shape index (κ2) is 6.95. The Morgan fingerprint density at radius 2 is 1.79 bits per heavy atom. The summed E-state index contributed by atoms with van der Waals surface area (Å²) in [5, 5.41) is 2.09. The van der Waals surface area contributed by atoms with E-state index in [2.05, 4.69) is 55.4 Å². The van der Waals surface area contributed by atoms with Gasteiger partial charge in [-0.1, -0.05) is 28.1 Å². The molecular formula is C14H12Br2Cl2S. The SMILES string of the molecule is ClCC(CCl)(Cc1cc(Br)cs1)c1cccc(Br)c1. The van der Waals surface area contributed by atoms with Crippen LogP contribution in [0.4, 0.5) is 0 Å². The van der Waals surface area contributed by atoms with Crippen LogP contribution in [-0.2, 0) is 11.8 Å². The average Bonchev–Trinajstić information content (AvgIpc) is 2.81. The summed E-state index contributed by atoms with van der Waals surface area (Å²) in [5.74, 6) is 1.00. The fraction of sp³-hybridized carbons (Fsp3) is 0.286. The highest BCUT2D eigenvalue weighted by Gasteiger charge is 2.31. The molecule has 0 bridgehead atoms. The van der Waals surface area contributed by atoms with E-state index in [1.54, 1.807) is 11.3 Å². The van der Waals surface area contributed by atoms with Gasteiger partial charge in [-0.15, -0.1) is 34.5 Å². The average molecular weight is 443 g/mol. The summed E-state index contributed by atoms with van der Waals surface area (Å²) in [7, 11) is 0. The summed E-state index contributed by atoms with van der Waals surface area (Å²) in [6.07, 6.45) is 0.854. The van der Waals surface area contributed by atoms with Crippen molar-refractivity contribution in [2.24, 2.45) is 0 Å². The molecule has 2 aromatic rings. The molecule has 0 saturated carbocycles. The highest BCUT2D eigenvalue weighted by Crippen LogP contribution is 2.35. The van der Waals surface area contributed by atoms with Gasteiger partial charge in [0.25, 0.3) is 0 Å². The Hall–Kier alpha value is 0.460. The van der Waals surface area contributed by atoms with Crippen LogP contribution in [0.3, 0.4) is 0 Å². The van der Waals surface area contributed by atoms with E-state index in [0.29, 0.717) is 11.8 Å². The molecule has 19 heavy (non-hydrogen) atoms. The van der Waals surface area contributed by atoms with Crippen LogP contribution in [0.25, 0.3) is 0 Å². The second-order valence-corrected chi connectivity index (χ2v) is 7.83. The van der Waals surface area contributed by atoms with Crippen LogP contribution >= 0.6 is 66.4 Å². The number of rotatable bonds is 5. The Bertz CT molecular complexity index is 550. The van der Waals surface area contributed by atoms with Gasteiger partial charge in [-0.2, -0.15) is 0 Å². The third-order valence-corrected chi connectivity index (χ3v) is 6.30. The molecule has 0 amide bonds. The molecule has 0 unspecified atom stereocenters. The zero-order valence-electron chi connectivity index (χ0n) is 10.0. The predicted octanol–water partition coefficient (Wildman–Crippen LogP) is 6.23. The Kier molecular flexibility index (Phi) is 5.79. The van der Waals surface area contributed by atoms with Crippen LogP contribution in [-0.4, -0.2) is 11.8 Å². The van der Waals surface area contributed by atoms with Gasteiger partial charge in [0.2, 0.25) is 0 Å². The topological polar surface area (TPSA) is 0 Å². The number of halogens is 4. The molecule has 0 nitrogen and oxygen atoms in total. The van der Waals surface area contributed by atoms with Gasteiger partial charge in [0, 0.05) is 36.4 Å². The maximum atomic E-state index is 6.26. The van der Waals surface area contributed by atoms with E-state index in [0.717, 1.165) is 15.4 Å². The summed E-state index contributed by atoms with van der Waals surface area (Å²) in [6.45, 7) is 0. The van der Waals surface area contributed by atoms with Crippen LogP contribution in [0, 0.1) is 0 Å². The van der Waals surface area contributed by atoms with Crippen molar-refractivity contribution in [3.8, 4) is 0 Å². The highest BCUT2D eigenvalue weighted by atomic mass is 79.9. The highest BCUT2D eigenvalue weighted by molar-refractivity contribution is 9.10. The van der Waals surface area contributed by atoms with Crippen LogP contribution in [0.1, 0.15) is 10.4 Å². The molecule has 1 aromatic carbocycles. The summed E-state index contributed by atoms with van der Waals surface area (Å²) in [6, 6.07) is 10.4. The minimum absolute atomic E-state index is 0.225. The van der Waals surface area contributed by atoms with E-state index >= 15 is 0 Å². The first kappa shape index (κ1) is 15.8. The first-order valence-corrected chi connectivity index (χ1v) is 9.24. The molecule has 102 valence electrons. The third-order valence-electron chi connectivity index (χ3n) is 3.08. The van der Waals surface area contributed by atoms with E-state index in [1.807, 2.05) is 12.1 Å². The van der Waals surface area contributed by atoms with Gasteiger partial charge in [-0.25, -0.2) is 0 Å². The van der Waals surface area contributed by atoms with Gasteiger partial charge >= 0.3 is 0 Å². The van der Waals surface area contributed by atoms with E-state index in [4.69, 9.17) is 23.2 Å². The minimum atomic E-state index is -0.225. The van der Waals surface area contributed by atoms with Crippen molar-refractivity contribution in [2.75, 3.05) is 11.8 Å². The van der Waals surface area contributed by atoms with Crippen molar-refractivity contribution in [1.82, 2.24) is 0 Å². The Morgan fingerprint density at radius 3 is 2.32 bits per heavy atom. The maximum Gasteiger partial charge on any atom is 0.0335 e. The molecule has 0 spiro atoms. The predicted molar refractivity (Wildman–Crippen MR) is 93.0 cm³/mol. The summed E-state index contributed by atoms with van der Waals surface area (Å²) >= 11 is 21.3. The molecule has 5 heteroatoms. The van der Waals surface area contributed by atoms with Gasteiger partial charge in [0.05, 0.1) is 0 Å². The van der Waals surface area contributed by atoms with E-state index < -0.39 is 0 Å². The lowest BCUT2D eigenvalue weighted by atomic mass is 9.80. The Morgan fingerprint density at radius 1 is 1.05 bits per heavy atom. The second-order valence-electron chi connectivity index (χ2n) is 4.47. The molecule has 0 aliphatic heterocycles. The molecule has 1 aromatic heterocycles. The number of hydrogen-bond acceptors (Lipinski definition) is 1. The molecule has 1 heterocycles. The standard InChI is InChI=1S/C14H12Br2Cl2S/c15-11-3-1-2-10(4-11)14(8-17,9-18)6-13-5-12(16)7-19-13/h1-5,7H,6,8-9H2. The van der Waals surface area contributed by atoms with Crippen molar-refractivity contribution < 1.29 is 0 Å². The monoisotopic (exact) mass is 440 g/mol. The molecule has 0 saturated heterocycles. The van der Waals surface area contributed by atoms with Crippen LogP contribution in [0.2, 0.25) is 0 Å². The van der Waals surface area contributed by atoms with Crippen molar-refractivity contribution in [2.45, 2.75) is 11.8 Å². The van der Waals surface area contributed by atoms with Gasteiger partial charge in [0.15, 0.2) is 0 Å². The zero-order valence-corrected chi connectivity index (χ0v) is 15.5. The number of thiophene rings is 1. The minimum Gasteiger partial charge on any atom is -0.148 e. The molecule has 0 aliphatic rings. The molecule has 0 fully saturated rings. The molecule has 0 N–H and O–H groups in total. The lowest BCUT2D eigenvalue weighted by Gasteiger charge is -2.30. The fourth-order valence-corrected chi connectivity index (χ4v) is 4.76. The lowest BCUT2D eigenvalue weighted by molar-refractivity contribution is 0.540. The van der Waals surface area contributed by atoms with E-state index in [9.17, 15) is 0 Å².